The Morgan fingerprint density at radius 2 is 1.78 bits per heavy atom. The van der Waals surface area contributed by atoms with Gasteiger partial charge in [0.2, 0.25) is 5.82 Å². The van der Waals surface area contributed by atoms with Crippen molar-refractivity contribution in [3.8, 4) is 0 Å². The first-order valence-corrected chi connectivity index (χ1v) is 12.6. The SMILES string of the molecule is Cc1ccc2nc(C(=O)N3CCN(c4ccncc4)CC3)nc(NC3CCCCC3N=C(N)N)c2c1. The highest BCUT2D eigenvalue weighted by atomic mass is 16.2. The Kier molecular flexibility index (Phi) is 6.84. The third kappa shape index (κ3) is 5.17. The van der Waals surface area contributed by atoms with Crippen LogP contribution in [-0.2, 0) is 0 Å². The van der Waals surface area contributed by atoms with E-state index in [1.807, 2.05) is 36.1 Å². The minimum atomic E-state index is -0.153. The van der Waals surface area contributed by atoms with Gasteiger partial charge in [0.1, 0.15) is 5.82 Å². The first-order valence-electron chi connectivity index (χ1n) is 12.6. The molecule has 2 unspecified atom stereocenters. The highest BCUT2D eigenvalue weighted by molar-refractivity contribution is 5.97. The topological polar surface area (TPSA) is 139 Å². The second-order valence-corrected chi connectivity index (χ2v) is 9.56. The van der Waals surface area contributed by atoms with Crippen LogP contribution in [0, 0.1) is 6.92 Å². The van der Waals surface area contributed by atoms with Crippen molar-refractivity contribution in [2.45, 2.75) is 44.7 Å². The summed E-state index contributed by atoms with van der Waals surface area (Å²) < 4.78 is 0. The van der Waals surface area contributed by atoms with E-state index in [2.05, 4.69) is 31.2 Å². The Morgan fingerprint density at radius 3 is 2.53 bits per heavy atom. The molecule has 2 aromatic heterocycles. The van der Waals surface area contributed by atoms with Crippen LogP contribution in [0.5, 0.6) is 0 Å². The van der Waals surface area contributed by atoms with Gasteiger partial charge in [-0.1, -0.05) is 24.5 Å². The van der Waals surface area contributed by atoms with E-state index in [1.54, 1.807) is 12.4 Å². The molecule has 1 aliphatic heterocycles. The third-order valence-electron chi connectivity index (χ3n) is 7.00. The van der Waals surface area contributed by atoms with Gasteiger partial charge in [-0.3, -0.25) is 9.78 Å². The zero-order chi connectivity index (χ0) is 25.1. The first kappa shape index (κ1) is 23.8. The molecule has 1 amide bonds. The zero-order valence-corrected chi connectivity index (χ0v) is 20.6. The second-order valence-electron chi connectivity index (χ2n) is 9.56. The van der Waals surface area contributed by atoms with E-state index in [0.29, 0.717) is 18.9 Å². The molecule has 0 radical (unpaired) electrons. The Labute approximate surface area is 210 Å². The van der Waals surface area contributed by atoms with Gasteiger partial charge in [-0.05, 0) is 44.0 Å². The molecule has 5 N–H and O–H groups in total. The molecule has 5 rings (SSSR count). The Hall–Kier alpha value is -3.95. The Balaban J connectivity index is 1.40. The highest BCUT2D eigenvalue weighted by Gasteiger charge is 2.28. The first-order chi connectivity index (χ1) is 17.5. The molecule has 2 atom stereocenters. The normalized spacial score (nSPS) is 20.2. The maximum absolute atomic E-state index is 13.5. The van der Waals surface area contributed by atoms with E-state index in [0.717, 1.165) is 60.9 Å². The van der Waals surface area contributed by atoms with Crippen LogP contribution in [0.15, 0.2) is 47.7 Å². The number of aromatic nitrogens is 3. The summed E-state index contributed by atoms with van der Waals surface area (Å²) >= 11 is 0. The number of fused-ring (bicyclic) bond motifs is 1. The van der Waals surface area contributed by atoms with E-state index in [9.17, 15) is 4.79 Å². The molecule has 2 fully saturated rings. The van der Waals surface area contributed by atoms with E-state index in [-0.39, 0.29) is 29.8 Å². The number of anilines is 2. The summed E-state index contributed by atoms with van der Waals surface area (Å²) in [5, 5.41) is 4.47. The van der Waals surface area contributed by atoms with Gasteiger partial charge in [0.15, 0.2) is 5.96 Å². The van der Waals surface area contributed by atoms with Crippen LogP contribution in [0.25, 0.3) is 10.9 Å². The maximum Gasteiger partial charge on any atom is 0.291 e. The molecule has 10 nitrogen and oxygen atoms in total. The van der Waals surface area contributed by atoms with Gasteiger partial charge in [0.05, 0.1) is 17.6 Å². The number of piperazine rings is 1. The zero-order valence-electron chi connectivity index (χ0n) is 20.6. The summed E-state index contributed by atoms with van der Waals surface area (Å²) in [6.07, 6.45) is 7.58. The number of carbonyl (C=O) groups is 1. The summed E-state index contributed by atoms with van der Waals surface area (Å²) in [6.45, 7) is 4.74. The molecule has 2 aliphatic rings. The molecule has 3 aromatic rings. The predicted octanol–water partition coefficient (Wildman–Crippen LogP) is 2.29. The molecule has 10 heteroatoms. The third-order valence-corrected chi connectivity index (χ3v) is 7.00. The van der Waals surface area contributed by atoms with E-state index < -0.39 is 0 Å². The van der Waals surface area contributed by atoms with Crippen molar-refractivity contribution in [3.63, 3.8) is 0 Å². The molecular formula is C26H33N9O. The van der Waals surface area contributed by atoms with Crippen LogP contribution in [0.1, 0.15) is 41.9 Å². The number of rotatable bonds is 5. The lowest BCUT2D eigenvalue weighted by Gasteiger charge is -2.35. The van der Waals surface area contributed by atoms with Gasteiger partial charge in [0.25, 0.3) is 5.91 Å². The van der Waals surface area contributed by atoms with Gasteiger partial charge in [-0.15, -0.1) is 0 Å². The maximum atomic E-state index is 13.5. The van der Waals surface area contributed by atoms with Crippen molar-refractivity contribution in [2.24, 2.45) is 16.5 Å². The number of benzene rings is 1. The average Bonchev–Trinajstić information content (AvgIpc) is 2.90. The fourth-order valence-electron chi connectivity index (χ4n) is 5.11. The van der Waals surface area contributed by atoms with Crippen molar-refractivity contribution in [1.82, 2.24) is 19.9 Å². The van der Waals surface area contributed by atoms with Crippen molar-refractivity contribution >= 4 is 34.3 Å². The molecule has 3 heterocycles. The number of aryl methyl sites for hydroxylation is 1. The summed E-state index contributed by atoms with van der Waals surface area (Å²) in [5.41, 5.74) is 14.4. The number of nitrogens with one attached hydrogen (secondary N) is 1. The number of guanidine groups is 1. The quantitative estimate of drug-likeness (QED) is 0.368. The molecular weight excluding hydrogens is 454 g/mol. The summed E-state index contributed by atoms with van der Waals surface area (Å²) in [5.74, 6) is 0.809. The number of nitrogens with zero attached hydrogens (tertiary/aromatic N) is 6. The number of hydrogen-bond acceptors (Lipinski definition) is 7. The van der Waals surface area contributed by atoms with Crippen LogP contribution in [-0.4, -0.2) is 70.0 Å². The summed E-state index contributed by atoms with van der Waals surface area (Å²) in [6, 6.07) is 9.99. The van der Waals surface area contributed by atoms with Crippen LogP contribution in [0.3, 0.4) is 0 Å². The number of aliphatic imine (C=N–C) groups is 1. The predicted molar refractivity (Wildman–Crippen MR) is 142 cm³/mol. The van der Waals surface area contributed by atoms with Crippen LogP contribution >= 0.6 is 0 Å². The highest BCUT2D eigenvalue weighted by Crippen LogP contribution is 2.28. The minimum absolute atomic E-state index is 0.0287. The van der Waals surface area contributed by atoms with Gasteiger partial charge < -0.3 is 26.6 Å². The number of pyridine rings is 1. The standard InChI is InChI=1S/C26H33N9O/c1-17-6-7-20-19(16-17)23(31-21-4-2-3-5-22(21)32-26(27)28)33-24(30-20)25(36)35-14-12-34(13-15-35)18-8-10-29-11-9-18/h6-11,16,21-22H,2-5,12-15H2,1H3,(H4,27,28,32)(H,30,31,33). The van der Waals surface area contributed by atoms with E-state index >= 15 is 0 Å². The molecule has 1 aromatic carbocycles. The Morgan fingerprint density at radius 1 is 1.03 bits per heavy atom. The van der Waals surface area contributed by atoms with Crippen molar-refractivity contribution in [3.05, 3.63) is 54.1 Å². The second kappa shape index (κ2) is 10.3. The lowest BCUT2D eigenvalue weighted by Crippen LogP contribution is -2.49. The van der Waals surface area contributed by atoms with Crippen LogP contribution < -0.4 is 21.7 Å². The summed E-state index contributed by atoms with van der Waals surface area (Å²) in [4.78, 5) is 35.5. The van der Waals surface area contributed by atoms with E-state index in [4.69, 9.17) is 16.5 Å². The number of nitrogens with two attached hydrogens (primary N) is 2. The summed E-state index contributed by atoms with van der Waals surface area (Å²) in [7, 11) is 0. The molecule has 1 saturated heterocycles. The minimum Gasteiger partial charge on any atom is -0.370 e. The molecule has 0 bridgehead atoms. The van der Waals surface area contributed by atoms with Gasteiger partial charge in [-0.2, -0.15) is 0 Å². The molecule has 188 valence electrons. The smallest absolute Gasteiger partial charge is 0.291 e. The van der Waals surface area contributed by atoms with Crippen molar-refractivity contribution in [2.75, 3.05) is 36.4 Å². The molecule has 1 saturated carbocycles. The van der Waals surface area contributed by atoms with Crippen molar-refractivity contribution in [1.29, 1.82) is 0 Å². The fourth-order valence-corrected chi connectivity index (χ4v) is 5.11. The molecule has 0 spiro atoms. The van der Waals surface area contributed by atoms with Gasteiger partial charge >= 0.3 is 0 Å². The average molecular weight is 488 g/mol. The van der Waals surface area contributed by atoms with Gasteiger partial charge in [0, 0.05) is 49.6 Å². The molecule has 1 aliphatic carbocycles. The number of hydrogen-bond donors (Lipinski definition) is 3. The molecule has 36 heavy (non-hydrogen) atoms. The van der Waals surface area contributed by atoms with Crippen molar-refractivity contribution < 1.29 is 4.79 Å². The fraction of sp³-hybridized carbons (Fsp3) is 0.423. The lowest BCUT2D eigenvalue weighted by molar-refractivity contribution is 0.0735. The number of amides is 1. The largest absolute Gasteiger partial charge is 0.370 e. The van der Waals surface area contributed by atoms with Crippen LogP contribution in [0.4, 0.5) is 11.5 Å². The lowest BCUT2D eigenvalue weighted by atomic mass is 9.90. The monoisotopic (exact) mass is 487 g/mol. The van der Waals surface area contributed by atoms with E-state index in [1.165, 1.54) is 0 Å². The van der Waals surface area contributed by atoms with Gasteiger partial charge in [-0.25, -0.2) is 15.0 Å². The Bertz CT molecular complexity index is 1250. The van der Waals surface area contributed by atoms with Crippen LogP contribution in [0.2, 0.25) is 0 Å². The number of carbonyl (C=O) groups excluding carboxylic acids is 1.